The topological polar surface area (TPSA) is 96.3 Å². The fraction of sp³-hybridized carbons (Fsp3) is 0.765. The third-order valence-corrected chi connectivity index (χ3v) is 12.6. The summed E-state index contributed by atoms with van der Waals surface area (Å²) in [6.07, 6.45) is 9.34. The molecule has 5 rings (SSSR count). The Bertz CT molecular complexity index is 1270. The van der Waals surface area contributed by atoms with Crippen LogP contribution in [0.25, 0.3) is 0 Å². The summed E-state index contributed by atoms with van der Waals surface area (Å²) in [7, 11) is 0. The van der Waals surface area contributed by atoms with E-state index in [0.29, 0.717) is 0 Å². The molecule has 0 heterocycles. The minimum atomic E-state index is -0.673. The lowest BCUT2D eigenvalue weighted by molar-refractivity contribution is -0.161. The molecule has 3 saturated carbocycles. The van der Waals surface area contributed by atoms with Gasteiger partial charge in [0.05, 0.1) is 11.7 Å². The van der Waals surface area contributed by atoms with Crippen molar-refractivity contribution in [3.63, 3.8) is 0 Å². The maximum Gasteiger partial charge on any atom is 0.407 e. The number of hydrogen-bond acceptors (Lipinski definition) is 5. The Kier molecular flexibility index (Phi) is 6.39. The van der Waals surface area contributed by atoms with E-state index < -0.39 is 16.4 Å². The van der Waals surface area contributed by atoms with Crippen LogP contribution in [-0.4, -0.2) is 29.3 Å². The van der Waals surface area contributed by atoms with Gasteiger partial charge >= 0.3 is 6.09 Å². The van der Waals surface area contributed by atoms with E-state index in [9.17, 15) is 19.6 Å². The lowest BCUT2D eigenvalue weighted by Crippen LogP contribution is -2.69. The predicted molar refractivity (Wildman–Crippen MR) is 154 cm³/mol. The Balaban J connectivity index is 1.64. The van der Waals surface area contributed by atoms with Crippen molar-refractivity contribution in [2.24, 2.45) is 44.8 Å². The van der Waals surface area contributed by atoms with Gasteiger partial charge in [0.1, 0.15) is 6.07 Å². The van der Waals surface area contributed by atoms with Crippen LogP contribution in [0.4, 0.5) is 4.79 Å². The molecule has 1 amide bonds. The zero-order valence-electron chi connectivity index (χ0n) is 26.0. The average molecular weight is 549 g/mol. The second-order valence-electron chi connectivity index (χ2n) is 16.0. The SMILES string of the molecule is CC(C)OC(=O)NC12CCC(C)(C)C[C@H]1[C@H]1C(=O)C=C3C(C)(CCC4C(C)(C)C(=O)C(C#N)=C[C@]34C)C1(C)CC2. The fourth-order valence-electron chi connectivity index (χ4n) is 10.3. The third kappa shape index (κ3) is 3.82. The summed E-state index contributed by atoms with van der Waals surface area (Å²) < 4.78 is 5.56. The van der Waals surface area contributed by atoms with Crippen molar-refractivity contribution in [2.45, 2.75) is 119 Å². The molecule has 0 radical (unpaired) electrons. The van der Waals surface area contributed by atoms with E-state index in [-0.39, 0.29) is 63.3 Å². The van der Waals surface area contributed by atoms with Crippen molar-refractivity contribution < 1.29 is 19.1 Å². The zero-order valence-corrected chi connectivity index (χ0v) is 26.0. The lowest BCUT2D eigenvalue weighted by Gasteiger charge is -2.69. The molecule has 218 valence electrons. The highest BCUT2D eigenvalue weighted by Crippen LogP contribution is 2.73. The largest absolute Gasteiger partial charge is 0.447 e. The summed E-state index contributed by atoms with van der Waals surface area (Å²) in [5, 5.41) is 13.2. The van der Waals surface area contributed by atoms with Crippen LogP contribution in [0.5, 0.6) is 0 Å². The highest BCUT2D eigenvalue weighted by molar-refractivity contribution is 6.04. The Labute approximate surface area is 240 Å². The Morgan fingerprint density at radius 1 is 1.02 bits per heavy atom. The second kappa shape index (κ2) is 8.79. The van der Waals surface area contributed by atoms with Gasteiger partial charge in [-0.05, 0) is 93.0 Å². The average Bonchev–Trinajstić information content (AvgIpc) is 2.83. The van der Waals surface area contributed by atoms with Crippen molar-refractivity contribution in [3.8, 4) is 6.07 Å². The molecule has 0 bridgehead atoms. The van der Waals surface area contributed by atoms with Crippen LogP contribution in [0.15, 0.2) is 23.3 Å². The van der Waals surface area contributed by atoms with E-state index in [1.807, 2.05) is 39.8 Å². The molecule has 6 nitrogen and oxygen atoms in total. The first-order valence-electron chi connectivity index (χ1n) is 15.3. The maximum atomic E-state index is 14.5. The molecule has 0 saturated heterocycles. The molecule has 1 N–H and O–H groups in total. The number of nitrogens with one attached hydrogen (secondary N) is 1. The highest BCUT2D eigenvalue weighted by Gasteiger charge is 2.70. The smallest absolute Gasteiger partial charge is 0.407 e. The number of fused-ring (bicyclic) bond motifs is 7. The first-order valence-corrected chi connectivity index (χ1v) is 15.3. The van der Waals surface area contributed by atoms with Gasteiger partial charge in [-0.2, -0.15) is 5.26 Å². The quantitative estimate of drug-likeness (QED) is 0.397. The van der Waals surface area contributed by atoms with Crippen LogP contribution in [-0.2, 0) is 14.3 Å². The number of carbonyl (C=O) groups is 3. The van der Waals surface area contributed by atoms with E-state index in [2.05, 4.69) is 46.0 Å². The molecular formula is C34H48N2O4. The van der Waals surface area contributed by atoms with Crippen LogP contribution < -0.4 is 5.32 Å². The van der Waals surface area contributed by atoms with E-state index >= 15 is 0 Å². The first kappa shape index (κ1) is 29.1. The van der Waals surface area contributed by atoms with Gasteiger partial charge < -0.3 is 10.1 Å². The van der Waals surface area contributed by atoms with Crippen LogP contribution in [0.1, 0.15) is 107 Å². The summed E-state index contributed by atoms with van der Waals surface area (Å²) in [6.45, 7) is 19.0. The predicted octanol–water partition coefficient (Wildman–Crippen LogP) is 7.09. The molecule has 0 aromatic carbocycles. The maximum absolute atomic E-state index is 14.5. The number of ether oxygens (including phenoxy) is 1. The van der Waals surface area contributed by atoms with Crippen LogP contribution in [0.2, 0.25) is 0 Å². The van der Waals surface area contributed by atoms with Gasteiger partial charge in [-0.25, -0.2) is 4.79 Å². The van der Waals surface area contributed by atoms with E-state index in [1.165, 1.54) is 0 Å². The Hall–Kier alpha value is -2.42. The van der Waals surface area contributed by atoms with Crippen molar-refractivity contribution >= 4 is 17.7 Å². The van der Waals surface area contributed by atoms with Crippen molar-refractivity contribution in [3.05, 3.63) is 23.3 Å². The molecule has 0 aromatic heterocycles. The molecular weight excluding hydrogens is 500 g/mol. The second-order valence-corrected chi connectivity index (χ2v) is 16.0. The molecule has 4 unspecified atom stereocenters. The van der Waals surface area contributed by atoms with Gasteiger partial charge in [-0.3, -0.25) is 9.59 Å². The zero-order chi connectivity index (χ0) is 29.7. The number of ketones is 2. The van der Waals surface area contributed by atoms with Gasteiger partial charge in [0.2, 0.25) is 0 Å². The van der Waals surface area contributed by atoms with Crippen molar-refractivity contribution in [2.75, 3.05) is 0 Å². The van der Waals surface area contributed by atoms with Crippen molar-refractivity contribution in [1.29, 1.82) is 5.26 Å². The number of nitriles is 1. The summed E-state index contributed by atoms with van der Waals surface area (Å²) >= 11 is 0. The monoisotopic (exact) mass is 548 g/mol. The minimum Gasteiger partial charge on any atom is -0.447 e. The molecule has 3 fully saturated rings. The van der Waals surface area contributed by atoms with E-state index in [1.54, 1.807) is 0 Å². The van der Waals surface area contributed by atoms with E-state index in [4.69, 9.17) is 4.74 Å². The molecule has 0 aromatic rings. The Morgan fingerprint density at radius 2 is 1.68 bits per heavy atom. The van der Waals surface area contributed by atoms with Crippen molar-refractivity contribution in [1.82, 2.24) is 5.32 Å². The van der Waals surface area contributed by atoms with Gasteiger partial charge in [-0.15, -0.1) is 0 Å². The van der Waals surface area contributed by atoms with E-state index in [0.717, 1.165) is 50.5 Å². The molecule has 0 spiro atoms. The van der Waals surface area contributed by atoms with Gasteiger partial charge in [0.15, 0.2) is 11.6 Å². The number of allylic oxidation sites excluding steroid dienone is 4. The number of rotatable bonds is 2. The molecule has 6 heteroatoms. The van der Waals surface area contributed by atoms with Crippen LogP contribution >= 0.6 is 0 Å². The summed E-state index contributed by atoms with van der Waals surface area (Å²) in [5.41, 5.74) is -0.857. The van der Waals surface area contributed by atoms with Gasteiger partial charge in [0, 0.05) is 22.3 Å². The van der Waals surface area contributed by atoms with Crippen LogP contribution in [0, 0.1) is 56.2 Å². The minimum absolute atomic E-state index is 0.0111. The van der Waals surface area contributed by atoms with Gasteiger partial charge in [-0.1, -0.05) is 60.1 Å². The summed E-state index contributed by atoms with van der Waals surface area (Å²) in [4.78, 5) is 40.8. The van der Waals surface area contributed by atoms with Gasteiger partial charge in [0.25, 0.3) is 0 Å². The molecule has 0 aliphatic heterocycles. The molecule has 5 aliphatic rings. The number of amides is 1. The summed E-state index contributed by atoms with van der Waals surface area (Å²) in [6, 6.07) is 2.18. The summed E-state index contributed by atoms with van der Waals surface area (Å²) in [5.74, 6) is -0.118. The number of alkyl carbamates (subject to hydrolysis) is 1. The van der Waals surface area contributed by atoms with Crippen LogP contribution in [0.3, 0.4) is 0 Å². The number of nitrogens with zero attached hydrogens (tertiary/aromatic N) is 1. The number of Topliss-reactive ketones (excluding diaryl/α,β-unsaturated/α-hetero) is 1. The Morgan fingerprint density at radius 3 is 2.30 bits per heavy atom. The molecule has 5 aliphatic carbocycles. The third-order valence-electron chi connectivity index (χ3n) is 12.6. The number of hydrogen-bond donors (Lipinski definition) is 1. The fourth-order valence-corrected chi connectivity index (χ4v) is 10.3. The standard InChI is InChI=1S/C34H48N2O4/c1-20(2)40-28(39)36-34-14-12-29(3,4)18-22(34)26-23(37)16-25-31(7)17-21(19-35)27(38)30(5,6)24(31)10-11-32(25,8)33(26,9)13-15-34/h16-17,20,22,24,26H,10-15,18H2,1-9H3,(H,36,39)/t22-,24?,26-,31-,32?,33?,34?/m0/s1. The number of carbonyl (C=O) groups excluding carboxylic acids is 3. The molecule has 7 atom stereocenters. The first-order chi connectivity index (χ1) is 18.4. The molecule has 40 heavy (non-hydrogen) atoms. The lowest BCUT2D eigenvalue weighted by atomic mass is 9.35. The highest BCUT2D eigenvalue weighted by atomic mass is 16.6. The normalized spacial score (nSPS) is 43.2.